The van der Waals surface area contributed by atoms with E-state index in [0.29, 0.717) is 30.6 Å². The third kappa shape index (κ3) is 4.05. The summed E-state index contributed by atoms with van der Waals surface area (Å²) in [4.78, 5) is 39.4. The van der Waals surface area contributed by atoms with Crippen LogP contribution in [0, 0.1) is 12.8 Å². The van der Waals surface area contributed by atoms with Gasteiger partial charge in [-0.05, 0) is 31.9 Å². The Morgan fingerprint density at radius 3 is 2.64 bits per heavy atom. The summed E-state index contributed by atoms with van der Waals surface area (Å²) in [5, 5.41) is 13.5. The first-order chi connectivity index (χ1) is 13.4. The van der Waals surface area contributed by atoms with Crippen molar-refractivity contribution < 1.29 is 19.5 Å². The van der Waals surface area contributed by atoms with Gasteiger partial charge in [-0.2, -0.15) is 5.10 Å². The molecule has 148 valence electrons. The number of para-hydroxylation sites is 1. The van der Waals surface area contributed by atoms with E-state index >= 15 is 0 Å². The molecule has 1 N–H and O–H groups in total. The monoisotopic (exact) mass is 384 g/mol. The second kappa shape index (κ2) is 8.24. The first-order valence-corrected chi connectivity index (χ1v) is 9.24. The molecule has 28 heavy (non-hydrogen) atoms. The molecule has 8 nitrogen and oxygen atoms in total. The zero-order valence-electron chi connectivity index (χ0n) is 16.0. The van der Waals surface area contributed by atoms with Crippen molar-refractivity contribution in [2.75, 3.05) is 26.7 Å². The highest BCUT2D eigenvalue weighted by atomic mass is 16.4. The number of carboxylic acid groups (broad SMARTS) is 1. The molecular formula is C20H24N4O4. The molecule has 1 aliphatic heterocycles. The summed E-state index contributed by atoms with van der Waals surface area (Å²) < 4.78 is 1.69. The molecule has 0 saturated carbocycles. The van der Waals surface area contributed by atoms with Crippen molar-refractivity contribution in [2.45, 2.75) is 19.8 Å². The fourth-order valence-electron chi connectivity index (χ4n) is 3.43. The van der Waals surface area contributed by atoms with E-state index in [2.05, 4.69) is 5.10 Å². The van der Waals surface area contributed by atoms with Gasteiger partial charge in [0.05, 0.1) is 35.6 Å². The molecule has 2 amide bonds. The van der Waals surface area contributed by atoms with E-state index in [0.717, 1.165) is 5.69 Å². The van der Waals surface area contributed by atoms with E-state index in [9.17, 15) is 19.5 Å². The topological polar surface area (TPSA) is 95.7 Å². The fourth-order valence-corrected chi connectivity index (χ4v) is 3.43. The Kier molecular flexibility index (Phi) is 5.77. The Bertz CT molecular complexity index is 878. The number of nitrogens with zero attached hydrogens (tertiary/aromatic N) is 4. The molecule has 8 heteroatoms. The lowest BCUT2D eigenvalue weighted by Crippen LogP contribution is -2.46. The number of likely N-dealkylation sites (N-methyl/N-ethyl adjacent to an activating group) is 1. The number of hydrogen-bond donors (Lipinski definition) is 1. The zero-order chi connectivity index (χ0) is 20.3. The normalized spacial score (nSPS) is 16.6. The van der Waals surface area contributed by atoms with Crippen molar-refractivity contribution in [1.82, 2.24) is 19.6 Å². The van der Waals surface area contributed by atoms with Gasteiger partial charge in [0.2, 0.25) is 5.91 Å². The first kappa shape index (κ1) is 19.6. The molecule has 2 heterocycles. The van der Waals surface area contributed by atoms with Crippen molar-refractivity contribution in [3.63, 3.8) is 0 Å². The minimum Gasteiger partial charge on any atom is -0.481 e. The highest BCUT2D eigenvalue weighted by Crippen LogP contribution is 2.18. The van der Waals surface area contributed by atoms with Gasteiger partial charge in [0.1, 0.15) is 0 Å². The number of benzene rings is 1. The Morgan fingerprint density at radius 1 is 1.25 bits per heavy atom. The lowest BCUT2D eigenvalue weighted by Gasteiger charge is -2.32. The summed E-state index contributed by atoms with van der Waals surface area (Å²) in [6.07, 6.45) is 2.74. The molecule has 3 rings (SSSR count). The van der Waals surface area contributed by atoms with Crippen molar-refractivity contribution in [3.05, 3.63) is 47.8 Å². The number of amides is 2. The molecule has 0 spiro atoms. The number of hydrogen-bond acceptors (Lipinski definition) is 4. The quantitative estimate of drug-likeness (QED) is 0.844. The third-order valence-corrected chi connectivity index (χ3v) is 5.08. The molecule has 1 aromatic heterocycles. The summed E-state index contributed by atoms with van der Waals surface area (Å²) in [5.74, 6) is -1.95. The molecule has 0 radical (unpaired) electrons. The maximum Gasteiger partial charge on any atom is 0.308 e. The van der Waals surface area contributed by atoms with Crippen LogP contribution in [0.4, 0.5) is 0 Å². The van der Waals surface area contributed by atoms with Crippen molar-refractivity contribution >= 4 is 17.8 Å². The maximum absolute atomic E-state index is 12.8. The van der Waals surface area contributed by atoms with E-state index in [1.165, 1.54) is 16.0 Å². The molecule has 1 unspecified atom stereocenters. The zero-order valence-corrected chi connectivity index (χ0v) is 16.0. The largest absolute Gasteiger partial charge is 0.481 e. The minimum atomic E-state index is -0.883. The fraction of sp³-hybridized carbons (Fsp3) is 0.400. The van der Waals surface area contributed by atoms with Crippen LogP contribution in [0.15, 0.2) is 36.5 Å². The predicted octanol–water partition coefficient (Wildman–Crippen LogP) is 1.58. The van der Waals surface area contributed by atoms with E-state index < -0.39 is 11.9 Å². The SMILES string of the molecule is Cc1c(C(=O)N(C)CC(=O)N2CCCC(C(=O)O)C2)cnn1-c1ccccc1. The summed E-state index contributed by atoms with van der Waals surface area (Å²) >= 11 is 0. The second-order valence-electron chi connectivity index (χ2n) is 7.07. The van der Waals surface area contributed by atoms with Gasteiger partial charge in [-0.15, -0.1) is 0 Å². The average molecular weight is 384 g/mol. The van der Waals surface area contributed by atoms with Crippen LogP contribution in [0.25, 0.3) is 5.69 Å². The van der Waals surface area contributed by atoms with Gasteiger partial charge >= 0.3 is 5.97 Å². The number of carbonyl (C=O) groups excluding carboxylic acids is 2. The van der Waals surface area contributed by atoms with Crippen LogP contribution in [0.1, 0.15) is 28.9 Å². The van der Waals surface area contributed by atoms with E-state index in [1.54, 1.807) is 11.7 Å². The molecule has 2 aromatic rings. The van der Waals surface area contributed by atoms with Gasteiger partial charge in [-0.25, -0.2) is 4.68 Å². The van der Waals surface area contributed by atoms with Gasteiger partial charge in [0, 0.05) is 20.1 Å². The molecule has 1 saturated heterocycles. The number of rotatable bonds is 5. The van der Waals surface area contributed by atoms with Crippen LogP contribution in [-0.2, 0) is 9.59 Å². The van der Waals surface area contributed by atoms with Crippen LogP contribution in [0.5, 0.6) is 0 Å². The molecule has 1 fully saturated rings. The molecular weight excluding hydrogens is 360 g/mol. The van der Waals surface area contributed by atoms with Crippen LogP contribution < -0.4 is 0 Å². The number of piperidine rings is 1. The maximum atomic E-state index is 12.8. The van der Waals surface area contributed by atoms with Crippen LogP contribution in [-0.4, -0.2) is 69.2 Å². The van der Waals surface area contributed by atoms with Gasteiger partial charge in [-0.1, -0.05) is 18.2 Å². The highest BCUT2D eigenvalue weighted by molar-refractivity contribution is 5.97. The number of likely N-dealkylation sites (tertiary alicyclic amines) is 1. The van der Waals surface area contributed by atoms with Crippen molar-refractivity contribution in [1.29, 1.82) is 0 Å². The van der Waals surface area contributed by atoms with Crippen LogP contribution >= 0.6 is 0 Å². The van der Waals surface area contributed by atoms with Gasteiger partial charge in [-0.3, -0.25) is 14.4 Å². The molecule has 1 aromatic carbocycles. The van der Waals surface area contributed by atoms with Gasteiger partial charge in [0.15, 0.2) is 0 Å². The highest BCUT2D eigenvalue weighted by Gasteiger charge is 2.29. The predicted molar refractivity (Wildman–Crippen MR) is 102 cm³/mol. The van der Waals surface area contributed by atoms with Crippen LogP contribution in [0.2, 0.25) is 0 Å². The van der Waals surface area contributed by atoms with E-state index in [1.807, 2.05) is 37.3 Å². The Labute approximate surface area is 163 Å². The summed E-state index contributed by atoms with van der Waals surface area (Å²) in [5.41, 5.74) is 1.98. The Hall–Kier alpha value is -3.16. The summed E-state index contributed by atoms with van der Waals surface area (Å²) in [6.45, 7) is 2.43. The molecule has 1 aliphatic rings. The summed E-state index contributed by atoms with van der Waals surface area (Å²) in [6, 6.07) is 9.49. The number of aliphatic carboxylic acids is 1. The van der Waals surface area contributed by atoms with Crippen molar-refractivity contribution in [3.8, 4) is 5.69 Å². The number of aromatic nitrogens is 2. The van der Waals surface area contributed by atoms with E-state index in [4.69, 9.17) is 0 Å². The number of carboxylic acids is 1. The van der Waals surface area contributed by atoms with Crippen molar-refractivity contribution in [2.24, 2.45) is 5.92 Å². The van der Waals surface area contributed by atoms with Crippen LogP contribution in [0.3, 0.4) is 0 Å². The average Bonchev–Trinajstić information content (AvgIpc) is 3.09. The van der Waals surface area contributed by atoms with E-state index in [-0.39, 0.29) is 24.9 Å². The Morgan fingerprint density at radius 2 is 1.96 bits per heavy atom. The first-order valence-electron chi connectivity index (χ1n) is 9.24. The second-order valence-corrected chi connectivity index (χ2v) is 7.07. The molecule has 0 aliphatic carbocycles. The molecule has 0 bridgehead atoms. The van der Waals surface area contributed by atoms with Gasteiger partial charge < -0.3 is 14.9 Å². The standard InChI is InChI=1S/C20H24N4O4/c1-14-17(11-21-24(14)16-8-4-3-5-9-16)19(26)22(2)13-18(25)23-10-6-7-15(12-23)20(27)28/h3-5,8-9,11,15H,6-7,10,12-13H2,1-2H3,(H,27,28). The Balaban J connectivity index is 1.67. The lowest BCUT2D eigenvalue weighted by atomic mass is 9.98. The van der Waals surface area contributed by atoms with Gasteiger partial charge in [0.25, 0.3) is 5.91 Å². The lowest BCUT2D eigenvalue weighted by molar-refractivity contribution is -0.145. The number of carbonyl (C=O) groups is 3. The summed E-state index contributed by atoms with van der Waals surface area (Å²) in [7, 11) is 1.57. The minimum absolute atomic E-state index is 0.0961. The molecule has 1 atom stereocenters. The third-order valence-electron chi connectivity index (χ3n) is 5.08. The smallest absolute Gasteiger partial charge is 0.308 e.